The van der Waals surface area contributed by atoms with Crippen LogP contribution in [0.2, 0.25) is 0 Å². The Morgan fingerprint density at radius 3 is 2.32 bits per heavy atom. The van der Waals surface area contributed by atoms with Crippen molar-refractivity contribution in [2.45, 2.75) is 45.2 Å². The average molecular weight is 274 g/mol. The number of amides is 1. The minimum atomic E-state index is -1.16. The van der Waals surface area contributed by atoms with Gasteiger partial charge in [0.25, 0.3) is 0 Å². The van der Waals surface area contributed by atoms with E-state index >= 15 is 0 Å². The molecule has 0 aromatic rings. The van der Waals surface area contributed by atoms with E-state index in [1.54, 1.807) is 0 Å². The molecule has 0 saturated heterocycles. The Morgan fingerprint density at radius 2 is 1.84 bits per heavy atom. The second kappa shape index (κ2) is 9.32. The quantitative estimate of drug-likeness (QED) is 0.507. The molecule has 110 valence electrons. The number of ether oxygens (including phenoxy) is 1. The minimum Gasteiger partial charge on any atom is -0.480 e. The average Bonchev–Trinajstić information content (AvgIpc) is 2.33. The van der Waals surface area contributed by atoms with Crippen molar-refractivity contribution in [3.63, 3.8) is 0 Å². The molecule has 0 spiro atoms. The van der Waals surface area contributed by atoms with Crippen molar-refractivity contribution in [3.8, 4) is 0 Å². The Labute approximate surface area is 112 Å². The van der Waals surface area contributed by atoms with Gasteiger partial charge in [-0.1, -0.05) is 13.8 Å². The fourth-order valence-electron chi connectivity index (χ4n) is 1.36. The molecule has 3 N–H and O–H groups in total. The summed E-state index contributed by atoms with van der Waals surface area (Å²) in [5.74, 6) is -2.01. The first kappa shape index (κ1) is 17.4. The molecule has 0 unspecified atom stereocenters. The van der Waals surface area contributed by atoms with E-state index < -0.39 is 18.0 Å². The number of aliphatic carboxylic acids is 1. The van der Waals surface area contributed by atoms with Gasteiger partial charge in [-0.05, 0) is 6.42 Å². The van der Waals surface area contributed by atoms with Crippen molar-refractivity contribution >= 4 is 17.8 Å². The molecule has 0 saturated carbocycles. The van der Waals surface area contributed by atoms with E-state index in [4.69, 9.17) is 5.11 Å². The number of rotatable bonds is 9. The summed E-state index contributed by atoms with van der Waals surface area (Å²) < 4.78 is 4.42. The molecule has 1 atom stereocenters. The molecule has 7 heteroatoms. The maximum Gasteiger partial charge on any atom is 0.326 e. The van der Waals surface area contributed by atoms with Gasteiger partial charge in [0.1, 0.15) is 6.04 Å². The minimum absolute atomic E-state index is 0.0192. The topological polar surface area (TPSA) is 105 Å². The molecule has 0 radical (unpaired) electrons. The summed E-state index contributed by atoms with van der Waals surface area (Å²) in [6.45, 7) is 4.38. The molecule has 0 aliphatic carbocycles. The first-order valence-corrected chi connectivity index (χ1v) is 6.19. The van der Waals surface area contributed by atoms with Crippen molar-refractivity contribution in [3.05, 3.63) is 0 Å². The van der Waals surface area contributed by atoms with Crippen LogP contribution in [0.5, 0.6) is 0 Å². The van der Waals surface area contributed by atoms with Crippen LogP contribution in [0.4, 0.5) is 0 Å². The number of hydrogen-bond acceptors (Lipinski definition) is 5. The predicted octanol–water partition coefficient (Wildman–Crippen LogP) is -0.103. The van der Waals surface area contributed by atoms with Crippen molar-refractivity contribution in [1.29, 1.82) is 0 Å². The highest BCUT2D eigenvalue weighted by Crippen LogP contribution is 2.00. The van der Waals surface area contributed by atoms with E-state index in [2.05, 4.69) is 15.4 Å². The molecule has 0 aliphatic heterocycles. The van der Waals surface area contributed by atoms with Gasteiger partial charge in [0.2, 0.25) is 5.91 Å². The number of carbonyl (C=O) groups excluding carboxylic acids is 2. The maximum atomic E-state index is 11.5. The van der Waals surface area contributed by atoms with Crippen LogP contribution in [0.3, 0.4) is 0 Å². The highest BCUT2D eigenvalue weighted by atomic mass is 16.5. The van der Waals surface area contributed by atoms with E-state index in [1.165, 1.54) is 7.11 Å². The Hall–Kier alpha value is -1.63. The number of carboxylic acids is 1. The van der Waals surface area contributed by atoms with Gasteiger partial charge in [0.15, 0.2) is 0 Å². The van der Waals surface area contributed by atoms with Crippen LogP contribution in [0, 0.1) is 0 Å². The third kappa shape index (κ3) is 9.01. The van der Waals surface area contributed by atoms with Gasteiger partial charge >= 0.3 is 11.9 Å². The Balaban J connectivity index is 4.08. The van der Waals surface area contributed by atoms with E-state index in [0.717, 1.165) is 0 Å². The molecule has 7 nitrogen and oxygen atoms in total. The smallest absolute Gasteiger partial charge is 0.326 e. The number of esters is 1. The highest BCUT2D eigenvalue weighted by Gasteiger charge is 2.20. The number of nitrogens with one attached hydrogen (secondary N) is 2. The molecule has 0 fully saturated rings. The molecule has 0 heterocycles. The van der Waals surface area contributed by atoms with Crippen LogP contribution in [0.25, 0.3) is 0 Å². The molecule has 0 aliphatic rings. The fourth-order valence-corrected chi connectivity index (χ4v) is 1.36. The van der Waals surface area contributed by atoms with E-state index in [1.807, 2.05) is 13.8 Å². The molecule has 0 aromatic carbocycles. The third-order valence-electron chi connectivity index (χ3n) is 2.40. The Kier molecular flexibility index (Phi) is 8.52. The zero-order valence-electron chi connectivity index (χ0n) is 11.6. The van der Waals surface area contributed by atoms with Crippen LogP contribution in [-0.4, -0.2) is 48.7 Å². The molecule has 1 amide bonds. The van der Waals surface area contributed by atoms with Crippen molar-refractivity contribution in [2.75, 3.05) is 13.7 Å². The second-order valence-electron chi connectivity index (χ2n) is 4.43. The van der Waals surface area contributed by atoms with Gasteiger partial charge in [-0.2, -0.15) is 0 Å². The van der Waals surface area contributed by atoms with Crippen molar-refractivity contribution in [1.82, 2.24) is 10.6 Å². The number of carbonyl (C=O) groups is 3. The lowest BCUT2D eigenvalue weighted by Crippen LogP contribution is -2.42. The summed E-state index contributed by atoms with van der Waals surface area (Å²) in [6, 6.07) is -0.798. The normalized spacial score (nSPS) is 12.0. The standard InChI is InChI=1S/C12H22N2O5/c1-8(2)13-7-6-10(15)14-9(12(17)18)4-5-11(16)19-3/h8-9,13H,4-7H2,1-3H3,(H,14,15)(H,17,18)/t9-/m0/s1. The number of carboxylic acid groups (broad SMARTS) is 1. The molecule has 19 heavy (non-hydrogen) atoms. The van der Waals surface area contributed by atoms with E-state index in [0.29, 0.717) is 6.54 Å². The van der Waals surface area contributed by atoms with Crippen LogP contribution in [0.15, 0.2) is 0 Å². The third-order valence-corrected chi connectivity index (χ3v) is 2.40. The molecule has 0 bridgehead atoms. The largest absolute Gasteiger partial charge is 0.480 e. The number of hydrogen-bond donors (Lipinski definition) is 3. The van der Waals surface area contributed by atoms with Crippen LogP contribution < -0.4 is 10.6 Å². The molecular formula is C12H22N2O5. The van der Waals surface area contributed by atoms with Crippen molar-refractivity contribution in [2.24, 2.45) is 0 Å². The second-order valence-corrected chi connectivity index (χ2v) is 4.43. The van der Waals surface area contributed by atoms with E-state index in [-0.39, 0.29) is 31.2 Å². The predicted molar refractivity (Wildman–Crippen MR) is 68.6 cm³/mol. The lowest BCUT2D eigenvalue weighted by Gasteiger charge is -2.14. The lowest BCUT2D eigenvalue weighted by atomic mass is 10.1. The van der Waals surface area contributed by atoms with Crippen LogP contribution in [-0.2, 0) is 19.1 Å². The van der Waals surface area contributed by atoms with Gasteiger partial charge in [-0.15, -0.1) is 0 Å². The fraction of sp³-hybridized carbons (Fsp3) is 0.750. The van der Waals surface area contributed by atoms with Gasteiger partial charge in [-0.3, -0.25) is 9.59 Å². The monoisotopic (exact) mass is 274 g/mol. The zero-order chi connectivity index (χ0) is 14.8. The van der Waals surface area contributed by atoms with Gasteiger partial charge in [-0.25, -0.2) is 4.79 Å². The van der Waals surface area contributed by atoms with E-state index in [9.17, 15) is 14.4 Å². The molecule has 0 rings (SSSR count). The summed E-state index contributed by atoms with van der Waals surface area (Å²) in [5, 5.41) is 14.4. The molecule has 0 aromatic heterocycles. The first-order chi connectivity index (χ1) is 8.86. The lowest BCUT2D eigenvalue weighted by molar-refractivity contribution is -0.144. The zero-order valence-corrected chi connectivity index (χ0v) is 11.6. The highest BCUT2D eigenvalue weighted by molar-refractivity contribution is 5.84. The Morgan fingerprint density at radius 1 is 1.21 bits per heavy atom. The summed E-state index contributed by atoms with van der Waals surface area (Å²) >= 11 is 0. The van der Waals surface area contributed by atoms with Gasteiger partial charge < -0.3 is 20.5 Å². The summed E-state index contributed by atoms with van der Waals surface area (Å²) in [4.78, 5) is 33.4. The summed E-state index contributed by atoms with van der Waals surface area (Å²) in [6.07, 6.45) is 0.170. The van der Waals surface area contributed by atoms with Crippen LogP contribution >= 0.6 is 0 Å². The number of methoxy groups -OCH3 is 1. The summed E-state index contributed by atoms with van der Waals surface area (Å²) in [7, 11) is 1.23. The van der Waals surface area contributed by atoms with Gasteiger partial charge in [0.05, 0.1) is 7.11 Å². The first-order valence-electron chi connectivity index (χ1n) is 6.19. The molecular weight excluding hydrogens is 252 g/mol. The summed E-state index contributed by atoms with van der Waals surface area (Å²) in [5.41, 5.74) is 0. The SMILES string of the molecule is COC(=O)CC[C@H](NC(=O)CCNC(C)C)C(=O)O. The maximum absolute atomic E-state index is 11.5. The van der Waals surface area contributed by atoms with Crippen molar-refractivity contribution < 1.29 is 24.2 Å². The van der Waals surface area contributed by atoms with Crippen LogP contribution in [0.1, 0.15) is 33.1 Å². The van der Waals surface area contributed by atoms with Gasteiger partial charge in [0, 0.05) is 25.4 Å². The Bertz CT molecular complexity index is 317.